The minimum absolute atomic E-state index is 0.0187. The fourth-order valence-corrected chi connectivity index (χ4v) is 4.86. The molecule has 0 bridgehead atoms. The van der Waals surface area contributed by atoms with E-state index in [4.69, 9.17) is 15.0 Å². The largest absolute Gasteiger partial charge is 0.417 e. The summed E-state index contributed by atoms with van der Waals surface area (Å²) in [7, 11) is 0. The first-order chi connectivity index (χ1) is 20.0. The number of nitrogens with one attached hydrogen (secondary N) is 1. The van der Waals surface area contributed by atoms with Crippen LogP contribution in [0.5, 0.6) is 0 Å². The number of halogens is 5. The second-order valence-electron chi connectivity index (χ2n) is 9.30. The Bertz CT molecular complexity index is 1640. The topological polar surface area (TPSA) is 139 Å². The Morgan fingerprint density at radius 3 is 2.60 bits per heavy atom. The Morgan fingerprint density at radius 2 is 1.88 bits per heavy atom. The number of pyridine rings is 2. The third kappa shape index (κ3) is 6.30. The maximum Gasteiger partial charge on any atom is 0.417 e. The number of anilines is 2. The van der Waals surface area contributed by atoms with Gasteiger partial charge in [-0.15, -0.1) is 0 Å². The van der Waals surface area contributed by atoms with Crippen molar-refractivity contribution in [3.8, 4) is 22.6 Å². The van der Waals surface area contributed by atoms with Gasteiger partial charge < -0.3 is 15.4 Å². The second kappa shape index (κ2) is 12.2. The molecule has 0 saturated carbocycles. The molecule has 42 heavy (non-hydrogen) atoms. The standard InChI is InChI=1S/C26H24F5N7O3S/c27-18(6-7-34-42(39)40)14-2-1-3-15(22(14)28)19-4-5-20-23(35-19)25(38-8-10-41-11-9-38)37-24(36-20)16-13-33-21(32)12-17(16)26(29,30)31/h1-5,12-13,18,34H,6-11H2,(H2,32,33)(H,39,40). The second-order valence-corrected chi connectivity index (χ2v) is 10.1. The van der Waals surface area contributed by atoms with Gasteiger partial charge in [-0.25, -0.2) is 37.6 Å². The highest BCUT2D eigenvalue weighted by Gasteiger charge is 2.35. The monoisotopic (exact) mass is 609 g/mol. The van der Waals surface area contributed by atoms with Gasteiger partial charge in [0.15, 0.2) is 11.6 Å². The molecule has 222 valence electrons. The summed E-state index contributed by atoms with van der Waals surface area (Å²) in [5.41, 5.74) is 4.35. The molecule has 1 aliphatic rings. The average Bonchev–Trinajstić information content (AvgIpc) is 2.96. The van der Waals surface area contributed by atoms with Crippen LogP contribution in [-0.4, -0.2) is 61.5 Å². The van der Waals surface area contributed by atoms with Crippen LogP contribution < -0.4 is 15.4 Å². The Balaban J connectivity index is 1.61. The first-order valence-electron chi connectivity index (χ1n) is 12.6. The Kier molecular flexibility index (Phi) is 8.58. The van der Waals surface area contributed by atoms with Crippen molar-refractivity contribution in [2.24, 2.45) is 0 Å². The van der Waals surface area contributed by atoms with Crippen molar-refractivity contribution in [2.45, 2.75) is 18.8 Å². The third-order valence-corrected chi connectivity index (χ3v) is 7.02. The molecule has 0 amide bonds. The van der Waals surface area contributed by atoms with Crippen molar-refractivity contribution < 1.29 is 35.5 Å². The molecule has 1 saturated heterocycles. The molecule has 10 nitrogen and oxygen atoms in total. The predicted octanol–water partition coefficient (Wildman–Crippen LogP) is 4.46. The minimum atomic E-state index is -4.76. The van der Waals surface area contributed by atoms with E-state index in [9.17, 15) is 21.8 Å². The number of aromatic nitrogens is 4. The number of nitrogens with zero attached hydrogens (tertiary/aromatic N) is 5. The summed E-state index contributed by atoms with van der Waals surface area (Å²) in [6, 6.07) is 7.77. The molecule has 4 aromatic rings. The van der Waals surface area contributed by atoms with E-state index in [-0.39, 0.29) is 63.8 Å². The van der Waals surface area contributed by atoms with Crippen LogP contribution >= 0.6 is 0 Å². The quantitative estimate of drug-likeness (QED) is 0.195. The lowest BCUT2D eigenvalue weighted by Crippen LogP contribution is -2.37. The number of benzene rings is 1. The van der Waals surface area contributed by atoms with Gasteiger partial charge in [-0.2, -0.15) is 13.2 Å². The first-order valence-corrected chi connectivity index (χ1v) is 13.8. The van der Waals surface area contributed by atoms with E-state index in [0.717, 1.165) is 6.20 Å². The van der Waals surface area contributed by atoms with Crippen LogP contribution in [0.4, 0.5) is 33.6 Å². The fourth-order valence-electron chi connectivity index (χ4n) is 4.57. The van der Waals surface area contributed by atoms with Crippen molar-refractivity contribution in [1.82, 2.24) is 24.7 Å². The lowest BCUT2D eigenvalue weighted by molar-refractivity contribution is -0.137. The number of rotatable bonds is 8. The summed E-state index contributed by atoms with van der Waals surface area (Å²) < 4.78 is 99.2. The molecule has 2 unspecified atom stereocenters. The first kappa shape index (κ1) is 29.6. The summed E-state index contributed by atoms with van der Waals surface area (Å²) in [4.78, 5) is 19.0. The molecule has 0 aliphatic carbocycles. The zero-order chi connectivity index (χ0) is 30.0. The van der Waals surface area contributed by atoms with Crippen molar-refractivity contribution in [2.75, 3.05) is 43.5 Å². The molecule has 1 aromatic carbocycles. The predicted molar refractivity (Wildman–Crippen MR) is 146 cm³/mol. The molecule has 3 aromatic heterocycles. The minimum Gasteiger partial charge on any atom is -0.384 e. The number of morpholine rings is 1. The van der Waals surface area contributed by atoms with Crippen LogP contribution in [0.2, 0.25) is 0 Å². The fraction of sp³-hybridized carbons (Fsp3) is 0.308. The van der Waals surface area contributed by atoms with Gasteiger partial charge in [-0.05, 0) is 30.7 Å². The van der Waals surface area contributed by atoms with Gasteiger partial charge in [-0.1, -0.05) is 12.1 Å². The van der Waals surface area contributed by atoms with Crippen LogP contribution in [0.15, 0.2) is 42.6 Å². The molecule has 4 N–H and O–H groups in total. The van der Waals surface area contributed by atoms with Gasteiger partial charge >= 0.3 is 6.18 Å². The molecule has 4 heterocycles. The molecule has 0 radical (unpaired) electrons. The van der Waals surface area contributed by atoms with Gasteiger partial charge in [0, 0.05) is 42.5 Å². The van der Waals surface area contributed by atoms with Crippen LogP contribution in [0, 0.1) is 5.82 Å². The maximum atomic E-state index is 15.5. The number of hydrogen-bond acceptors (Lipinski definition) is 8. The lowest BCUT2D eigenvalue weighted by atomic mass is 10.0. The maximum absolute atomic E-state index is 15.5. The normalized spacial score (nSPS) is 15.6. The van der Waals surface area contributed by atoms with E-state index < -0.39 is 35.0 Å². The van der Waals surface area contributed by atoms with Crippen LogP contribution in [0.3, 0.4) is 0 Å². The number of nitrogen functional groups attached to an aromatic ring is 1. The molecule has 5 rings (SSSR count). The third-order valence-electron chi connectivity index (χ3n) is 6.57. The van der Waals surface area contributed by atoms with Crippen LogP contribution in [-0.2, 0) is 22.2 Å². The van der Waals surface area contributed by atoms with Crippen molar-refractivity contribution in [3.63, 3.8) is 0 Å². The molecular formula is C26H24F5N7O3S. The van der Waals surface area contributed by atoms with Gasteiger partial charge in [0.25, 0.3) is 0 Å². The van der Waals surface area contributed by atoms with Gasteiger partial charge in [0.05, 0.1) is 30.0 Å². The summed E-state index contributed by atoms with van der Waals surface area (Å²) in [5.74, 6) is -1.21. The number of alkyl halides is 4. The lowest BCUT2D eigenvalue weighted by Gasteiger charge is -2.28. The highest BCUT2D eigenvalue weighted by molar-refractivity contribution is 7.77. The molecule has 1 aliphatic heterocycles. The Labute approximate surface area is 238 Å². The van der Waals surface area contributed by atoms with Crippen molar-refractivity contribution >= 4 is 33.9 Å². The molecule has 16 heteroatoms. The van der Waals surface area contributed by atoms with Gasteiger partial charge in [-0.3, -0.25) is 4.55 Å². The zero-order valence-electron chi connectivity index (χ0n) is 21.7. The van der Waals surface area contributed by atoms with Crippen molar-refractivity contribution in [1.29, 1.82) is 0 Å². The Hall–Kier alpha value is -3.86. The number of nitrogens with two attached hydrogens (primary N) is 1. The number of fused-ring (bicyclic) bond motifs is 1. The van der Waals surface area contributed by atoms with Gasteiger partial charge in [0.1, 0.15) is 23.3 Å². The van der Waals surface area contributed by atoms with E-state index in [1.165, 1.54) is 30.3 Å². The van der Waals surface area contributed by atoms with Crippen LogP contribution in [0.1, 0.15) is 23.7 Å². The summed E-state index contributed by atoms with van der Waals surface area (Å²) in [6.45, 7) is 1.24. The van der Waals surface area contributed by atoms with E-state index in [2.05, 4.69) is 24.7 Å². The Morgan fingerprint density at radius 1 is 1.12 bits per heavy atom. The molecular weight excluding hydrogens is 585 g/mol. The van der Waals surface area contributed by atoms with Crippen LogP contribution in [0.25, 0.3) is 33.7 Å². The molecule has 0 spiro atoms. The number of ether oxygens (including phenoxy) is 1. The summed E-state index contributed by atoms with van der Waals surface area (Å²) in [6.07, 6.45) is -5.82. The van der Waals surface area contributed by atoms with Crippen molar-refractivity contribution in [3.05, 3.63) is 59.5 Å². The SMILES string of the molecule is Nc1cc(C(F)(F)F)c(-c2nc(N3CCOCC3)c3nc(-c4cccc(C(F)CCNS(=O)O)c4F)ccc3n2)cn1. The highest BCUT2D eigenvalue weighted by atomic mass is 32.2. The zero-order valence-corrected chi connectivity index (χ0v) is 22.6. The molecule has 1 fully saturated rings. The summed E-state index contributed by atoms with van der Waals surface area (Å²) in [5, 5.41) is 0. The van der Waals surface area contributed by atoms with E-state index in [1.54, 1.807) is 4.90 Å². The van der Waals surface area contributed by atoms with E-state index in [0.29, 0.717) is 32.4 Å². The highest BCUT2D eigenvalue weighted by Crippen LogP contribution is 2.38. The van der Waals surface area contributed by atoms with Gasteiger partial charge in [0.2, 0.25) is 11.3 Å². The molecule has 2 atom stereocenters. The number of hydrogen-bond donors (Lipinski definition) is 3. The van der Waals surface area contributed by atoms with E-state index in [1.807, 2.05) is 0 Å². The summed E-state index contributed by atoms with van der Waals surface area (Å²) >= 11 is -2.33. The van der Waals surface area contributed by atoms with E-state index >= 15 is 4.39 Å². The smallest absolute Gasteiger partial charge is 0.384 e. The average molecular weight is 610 g/mol.